The normalized spacial score (nSPS) is 17.0. The molecule has 0 bridgehead atoms. The van der Waals surface area contributed by atoms with Crippen molar-refractivity contribution in [1.82, 2.24) is 0 Å². The fourth-order valence-corrected chi connectivity index (χ4v) is 7.94. The number of aryl methyl sites for hydroxylation is 1. The summed E-state index contributed by atoms with van der Waals surface area (Å²) in [5.41, 5.74) is 0.674. The van der Waals surface area contributed by atoms with E-state index in [2.05, 4.69) is 19.6 Å². The topological polar surface area (TPSA) is 37.3 Å². The summed E-state index contributed by atoms with van der Waals surface area (Å²) in [4.78, 5) is 0.776. The average Bonchev–Trinajstić information content (AvgIpc) is 2.60. The molecule has 0 saturated carbocycles. The van der Waals surface area contributed by atoms with Crippen LogP contribution >= 0.6 is 0 Å². The van der Waals surface area contributed by atoms with Gasteiger partial charge in [-0.2, -0.15) is 0 Å². The highest BCUT2D eigenvalue weighted by molar-refractivity contribution is 7.86. The van der Waals surface area contributed by atoms with Crippen molar-refractivity contribution in [3.05, 3.63) is 77.9 Å². The fraction of sp³-hybridized carbons (Fsp3) is 0.364. The molecule has 1 N–H and O–H groups in total. The first-order valence-corrected chi connectivity index (χ1v) is 14.0. The summed E-state index contributed by atoms with van der Waals surface area (Å²) in [6.45, 7) is 10.7. The molecule has 2 aromatic rings. The smallest absolute Gasteiger partial charge is 0.122 e. The summed E-state index contributed by atoms with van der Waals surface area (Å²) < 4.78 is 13.6. The molecule has 140 valence electrons. The third-order valence-corrected chi connectivity index (χ3v) is 8.17. The van der Waals surface area contributed by atoms with Gasteiger partial charge in [0.1, 0.15) is 5.60 Å². The Labute approximate surface area is 161 Å². The zero-order valence-corrected chi connectivity index (χ0v) is 18.2. The number of hydrogen-bond acceptors (Lipinski definition) is 2. The molecular formula is C22H30O2SSi. The van der Waals surface area contributed by atoms with Gasteiger partial charge in [-0.25, -0.2) is 0 Å². The Morgan fingerprint density at radius 2 is 1.65 bits per heavy atom. The van der Waals surface area contributed by atoms with Gasteiger partial charge in [0, 0.05) is 13.0 Å². The number of rotatable bonds is 7. The van der Waals surface area contributed by atoms with Crippen molar-refractivity contribution in [1.29, 1.82) is 0 Å². The molecule has 0 saturated heterocycles. The molecule has 0 aliphatic rings. The number of allylic oxidation sites excluding steroid dienone is 1. The van der Waals surface area contributed by atoms with Crippen LogP contribution in [0, 0.1) is 6.92 Å². The third-order valence-electron chi connectivity index (χ3n) is 4.46. The van der Waals surface area contributed by atoms with Crippen molar-refractivity contribution >= 4 is 18.9 Å². The molecule has 0 fully saturated rings. The van der Waals surface area contributed by atoms with Crippen LogP contribution in [0.5, 0.6) is 0 Å². The highest BCUT2D eigenvalue weighted by atomic mass is 32.2. The lowest BCUT2D eigenvalue weighted by atomic mass is 9.90. The van der Waals surface area contributed by atoms with E-state index in [0.717, 1.165) is 22.1 Å². The largest absolute Gasteiger partial charge is 0.380 e. The van der Waals surface area contributed by atoms with Gasteiger partial charge in [0.15, 0.2) is 0 Å². The van der Waals surface area contributed by atoms with Crippen molar-refractivity contribution in [2.75, 3.05) is 0 Å². The summed E-state index contributed by atoms with van der Waals surface area (Å²) in [6, 6.07) is 18.2. The minimum atomic E-state index is -1.59. The molecule has 2 rings (SSSR count). The van der Waals surface area contributed by atoms with Crippen LogP contribution in [-0.2, 0) is 16.4 Å². The second-order valence-corrected chi connectivity index (χ2v) is 15.2. The predicted molar refractivity (Wildman–Crippen MR) is 115 cm³/mol. The summed E-state index contributed by atoms with van der Waals surface area (Å²) in [5.74, 6) is 0. The monoisotopic (exact) mass is 386 g/mol. The first-order valence-electron chi connectivity index (χ1n) is 9.06. The van der Waals surface area contributed by atoms with Gasteiger partial charge in [0.05, 0.1) is 16.0 Å². The minimum absolute atomic E-state index is 0.393. The Kier molecular flexibility index (Phi) is 6.78. The molecule has 2 nitrogen and oxygen atoms in total. The second-order valence-electron chi connectivity index (χ2n) is 8.06. The van der Waals surface area contributed by atoms with Crippen LogP contribution in [0.1, 0.15) is 18.1 Å². The first kappa shape index (κ1) is 20.8. The number of hydrogen-bond donors (Lipinski definition) is 1. The molecule has 3 atom stereocenters. The van der Waals surface area contributed by atoms with Crippen molar-refractivity contribution in [3.63, 3.8) is 0 Å². The van der Waals surface area contributed by atoms with E-state index < -0.39 is 29.7 Å². The maximum atomic E-state index is 13.6. The number of benzene rings is 2. The molecule has 26 heavy (non-hydrogen) atoms. The van der Waals surface area contributed by atoms with Crippen LogP contribution in [0.4, 0.5) is 0 Å². The summed E-state index contributed by atoms with van der Waals surface area (Å²) >= 11 is 0. The first-order chi connectivity index (χ1) is 12.2. The Bertz CT molecular complexity index is 763. The van der Waals surface area contributed by atoms with E-state index in [9.17, 15) is 9.32 Å². The van der Waals surface area contributed by atoms with Crippen LogP contribution in [0.3, 0.4) is 0 Å². The quantitative estimate of drug-likeness (QED) is 0.520. The lowest BCUT2D eigenvalue weighted by molar-refractivity contribution is 0.0893. The zero-order chi connectivity index (χ0) is 19.4. The number of aliphatic hydroxyl groups is 1. The summed E-state index contributed by atoms with van der Waals surface area (Å²) in [6.07, 6.45) is 3.66. The van der Waals surface area contributed by atoms with Gasteiger partial charge in [-0.1, -0.05) is 79.8 Å². The molecule has 0 aromatic heterocycles. The Hall–Kier alpha value is -1.49. The molecule has 0 spiro atoms. The van der Waals surface area contributed by atoms with Crippen LogP contribution in [0.2, 0.25) is 25.7 Å². The van der Waals surface area contributed by atoms with Crippen molar-refractivity contribution in [3.8, 4) is 0 Å². The van der Waals surface area contributed by atoms with Gasteiger partial charge < -0.3 is 5.11 Å². The summed E-state index contributed by atoms with van der Waals surface area (Å²) in [5, 5.41) is 11.3. The van der Waals surface area contributed by atoms with Crippen LogP contribution in [0.15, 0.2) is 71.6 Å². The van der Waals surface area contributed by atoms with Gasteiger partial charge >= 0.3 is 0 Å². The molecule has 0 aliphatic carbocycles. The van der Waals surface area contributed by atoms with Crippen molar-refractivity contribution < 1.29 is 9.32 Å². The van der Waals surface area contributed by atoms with Crippen LogP contribution < -0.4 is 0 Å². The van der Waals surface area contributed by atoms with E-state index >= 15 is 0 Å². The lowest BCUT2D eigenvalue weighted by Gasteiger charge is -2.37. The molecule has 0 aliphatic heterocycles. The standard InChI is InChI=1S/C22H30O2SSi/c1-6-16-22(23,19-10-8-7-9-11-19)21(17-26(3,4)5)25(24)20-14-12-18(2)13-15-20/h6-16,21,23H,17H2,1-5H3/b16-6+/t21-,22?,25-/m0/s1. The highest BCUT2D eigenvalue weighted by Gasteiger charge is 2.42. The van der Waals surface area contributed by atoms with Gasteiger partial charge in [-0.05, 0) is 37.6 Å². The Balaban J connectivity index is 2.57. The zero-order valence-electron chi connectivity index (χ0n) is 16.4. The maximum absolute atomic E-state index is 13.6. The van der Waals surface area contributed by atoms with Gasteiger partial charge in [0.2, 0.25) is 0 Å². The maximum Gasteiger partial charge on any atom is 0.122 e. The van der Waals surface area contributed by atoms with E-state index in [1.165, 1.54) is 0 Å². The fourth-order valence-electron chi connectivity index (χ4n) is 3.14. The molecule has 1 unspecified atom stereocenters. The minimum Gasteiger partial charge on any atom is -0.380 e. The van der Waals surface area contributed by atoms with E-state index in [0.29, 0.717) is 0 Å². The van der Waals surface area contributed by atoms with Gasteiger partial charge in [-0.15, -0.1) is 0 Å². The van der Waals surface area contributed by atoms with Crippen molar-refractivity contribution in [2.24, 2.45) is 0 Å². The van der Waals surface area contributed by atoms with E-state index in [-0.39, 0.29) is 0 Å². The molecule has 0 heterocycles. The SMILES string of the molecule is C/C=C/C(O)(c1ccccc1)[C@H](C[Si](C)(C)C)[S@@](=O)c1ccc(C)cc1. The molecular weight excluding hydrogens is 356 g/mol. The highest BCUT2D eigenvalue weighted by Crippen LogP contribution is 2.37. The Morgan fingerprint density at radius 3 is 2.15 bits per heavy atom. The van der Waals surface area contributed by atoms with E-state index in [4.69, 9.17) is 0 Å². The van der Waals surface area contributed by atoms with E-state index in [1.54, 1.807) is 6.08 Å². The lowest BCUT2D eigenvalue weighted by Crippen LogP contribution is -2.45. The van der Waals surface area contributed by atoms with Crippen LogP contribution in [-0.4, -0.2) is 22.6 Å². The molecule has 0 amide bonds. The van der Waals surface area contributed by atoms with Gasteiger partial charge in [0.25, 0.3) is 0 Å². The van der Waals surface area contributed by atoms with Crippen LogP contribution in [0.25, 0.3) is 0 Å². The molecule has 2 aromatic carbocycles. The van der Waals surface area contributed by atoms with Crippen molar-refractivity contribution in [2.45, 2.75) is 55.3 Å². The predicted octanol–water partition coefficient (Wildman–Crippen LogP) is 5.27. The summed E-state index contributed by atoms with van der Waals surface area (Å²) in [7, 11) is -2.90. The van der Waals surface area contributed by atoms with Gasteiger partial charge in [-0.3, -0.25) is 4.21 Å². The molecule has 0 radical (unpaired) electrons. The third kappa shape index (κ3) is 5.03. The van der Waals surface area contributed by atoms with E-state index in [1.807, 2.05) is 74.5 Å². The average molecular weight is 387 g/mol. The second kappa shape index (κ2) is 8.46. The molecule has 4 heteroatoms. The Morgan fingerprint density at radius 1 is 1.08 bits per heavy atom.